The summed E-state index contributed by atoms with van der Waals surface area (Å²) in [4.78, 5) is 46.9. The largest absolute Gasteiger partial charge is 2.00 e. The number of esters is 4. The maximum Gasteiger partial charge on any atom is 2.00 e. The van der Waals surface area contributed by atoms with E-state index < -0.39 is 54.5 Å². The third-order valence-electron chi connectivity index (χ3n) is 5.23. The van der Waals surface area contributed by atoms with Crippen molar-refractivity contribution in [2.75, 3.05) is 6.61 Å². The molecule has 3 rings (SSSR count). The molecule has 0 amide bonds. The maximum atomic E-state index is 11.9. The average Bonchev–Trinajstić information content (AvgIpc) is 3.61. The van der Waals surface area contributed by atoms with Crippen LogP contribution in [0.3, 0.4) is 0 Å². The zero-order chi connectivity index (χ0) is 29.7. The first-order chi connectivity index (χ1) is 19.0. The summed E-state index contributed by atoms with van der Waals surface area (Å²) in [6.45, 7) is 6.06. The summed E-state index contributed by atoms with van der Waals surface area (Å²) < 4.78 is 27.0. The number of nitrogens with one attached hydrogen (secondary N) is 2. The molecule has 222 valence electrons. The second kappa shape index (κ2) is 19.0. The normalized spacial score (nSPS) is 25.9. The van der Waals surface area contributed by atoms with Crippen LogP contribution in [0.4, 0.5) is 0 Å². The molecule has 2 N–H and O–H groups in total. The van der Waals surface area contributed by atoms with Gasteiger partial charge in [0.05, 0.1) is 0 Å². The minimum atomic E-state index is -1.30. The summed E-state index contributed by atoms with van der Waals surface area (Å²) in [5.41, 5.74) is 3.32. The topological polar surface area (TPSA) is 151 Å². The Kier molecular flexibility index (Phi) is 17.0. The van der Waals surface area contributed by atoms with E-state index in [9.17, 15) is 19.2 Å². The molecule has 3 aliphatic rings. The van der Waals surface area contributed by atoms with Crippen LogP contribution in [0.15, 0.2) is 5.10 Å². The SMILES string of the molecule is CC(=O)OC[C@H]1O[C@@H](NC(=S)N/N=C(\C)[C]2[CH][CH][CH][CH]2)[C@H](OC(C)=O)[C@@H](OC(C)=O)[C@H]1OC(C)=O.[CH]1[CH][CH][CH][CH]1.[Fe+2]. The van der Waals surface area contributed by atoms with Gasteiger partial charge in [-0.2, -0.15) is 5.10 Å². The summed E-state index contributed by atoms with van der Waals surface area (Å²) in [6, 6.07) is 0. The molecule has 0 aromatic rings. The predicted molar refractivity (Wildman–Crippen MR) is 146 cm³/mol. The van der Waals surface area contributed by atoms with E-state index >= 15 is 0 Å². The molecule has 5 atom stereocenters. The van der Waals surface area contributed by atoms with Crippen molar-refractivity contribution in [2.24, 2.45) is 5.10 Å². The van der Waals surface area contributed by atoms with Gasteiger partial charge < -0.3 is 29.0 Å². The Hall–Kier alpha value is -2.28. The number of nitrogens with zero attached hydrogens (tertiary/aromatic N) is 1. The van der Waals surface area contributed by atoms with Gasteiger partial charge in [0, 0.05) is 39.3 Å². The standard InChI is InChI=1S/C22H28N3O9S.C5H5.Fe/c1-11(16-8-6-7-9-16)24-25-22(35)23-21-20(33-15(5)29)19(32-14(4)28)18(31-13(3)27)17(34-21)10-30-12(2)26;1-2-4-5-3-1;/h6-9,17-21H,10H2,1-5H3,(H2,23,25,35);1-5H;/q;;+2/b24-11+;;/t17-,18+,19+,20-,21-;;/m1../s1. The van der Waals surface area contributed by atoms with E-state index in [1.807, 2.05) is 57.8 Å². The number of carbonyl (C=O) groups excluding carboxylic acids is 4. The number of ether oxygens (including phenoxy) is 5. The van der Waals surface area contributed by atoms with Gasteiger partial charge in [0.25, 0.3) is 0 Å². The van der Waals surface area contributed by atoms with E-state index in [-0.39, 0.29) is 28.8 Å². The fourth-order valence-corrected chi connectivity index (χ4v) is 3.80. The van der Waals surface area contributed by atoms with Crippen molar-refractivity contribution >= 4 is 46.9 Å². The zero-order valence-corrected chi connectivity index (χ0v) is 25.1. The van der Waals surface area contributed by atoms with Crippen molar-refractivity contribution in [3.8, 4) is 0 Å². The van der Waals surface area contributed by atoms with Crippen LogP contribution in [0.2, 0.25) is 0 Å². The maximum absolute atomic E-state index is 11.9. The van der Waals surface area contributed by atoms with Crippen LogP contribution in [0, 0.1) is 63.7 Å². The van der Waals surface area contributed by atoms with E-state index in [4.69, 9.17) is 35.9 Å². The van der Waals surface area contributed by atoms with Crippen LogP contribution in [-0.2, 0) is 59.9 Å². The molecule has 12 nitrogen and oxygen atoms in total. The van der Waals surface area contributed by atoms with Crippen LogP contribution in [0.1, 0.15) is 34.6 Å². The quantitative estimate of drug-likeness (QED) is 0.0994. The fraction of sp³-hybridized carbons (Fsp3) is 0.407. The van der Waals surface area contributed by atoms with Crippen LogP contribution in [-0.4, -0.2) is 72.0 Å². The van der Waals surface area contributed by atoms with Crippen molar-refractivity contribution in [2.45, 2.75) is 65.3 Å². The van der Waals surface area contributed by atoms with Gasteiger partial charge in [0.2, 0.25) is 0 Å². The number of carbonyl (C=O) groups is 4. The van der Waals surface area contributed by atoms with E-state index in [1.54, 1.807) is 6.92 Å². The molecule has 0 unspecified atom stereocenters. The first kappa shape index (κ1) is 36.7. The molecular weight excluding hydrogens is 598 g/mol. The number of hydrogen-bond acceptors (Lipinski definition) is 11. The smallest absolute Gasteiger partial charge is 0.463 e. The second-order valence-electron chi connectivity index (χ2n) is 8.54. The number of hydrogen-bond donors (Lipinski definition) is 2. The van der Waals surface area contributed by atoms with Gasteiger partial charge in [-0.1, -0.05) is 0 Å². The molecule has 14 heteroatoms. The molecule has 0 aromatic carbocycles. The Morgan fingerprint density at radius 1 is 0.780 bits per heavy atom. The molecule has 2 aliphatic carbocycles. The van der Waals surface area contributed by atoms with E-state index in [1.165, 1.54) is 6.92 Å². The Bertz CT molecular complexity index is 918. The molecule has 1 saturated heterocycles. The minimum Gasteiger partial charge on any atom is -0.463 e. The summed E-state index contributed by atoms with van der Waals surface area (Å²) >= 11 is 5.29. The van der Waals surface area contributed by atoms with Gasteiger partial charge >= 0.3 is 40.9 Å². The molecular formula is C27H33FeN3O9S+2. The van der Waals surface area contributed by atoms with Crippen LogP contribution in [0.5, 0.6) is 0 Å². The third kappa shape index (κ3) is 13.5. The third-order valence-corrected chi connectivity index (χ3v) is 5.43. The molecule has 0 spiro atoms. The predicted octanol–water partition coefficient (Wildman–Crippen LogP) is 1.33. The fourth-order valence-electron chi connectivity index (χ4n) is 3.64. The van der Waals surface area contributed by atoms with Crippen molar-refractivity contribution < 1.29 is 59.9 Å². The van der Waals surface area contributed by atoms with Gasteiger partial charge in [-0.05, 0) is 76.9 Å². The first-order valence-electron chi connectivity index (χ1n) is 12.3. The van der Waals surface area contributed by atoms with Crippen LogP contribution < -0.4 is 10.7 Å². The number of thiocarbonyl (C=S) groups is 1. The molecule has 1 heterocycles. The van der Waals surface area contributed by atoms with Gasteiger partial charge in [0.15, 0.2) is 29.7 Å². The summed E-state index contributed by atoms with van der Waals surface area (Å²) in [5, 5.41) is 7.00. The first-order valence-corrected chi connectivity index (χ1v) is 12.7. The van der Waals surface area contributed by atoms with Crippen molar-refractivity contribution in [1.29, 1.82) is 0 Å². The Labute approximate surface area is 257 Å². The van der Waals surface area contributed by atoms with E-state index in [0.29, 0.717) is 5.71 Å². The zero-order valence-electron chi connectivity index (χ0n) is 23.2. The summed E-state index contributed by atoms with van der Waals surface area (Å²) in [6.07, 6.45) is 11.4. The molecule has 0 bridgehead atoms. The number of hydrazone groups is 1. The van der Waals surface area contributed by atoms with Crippen molar-refractivity contribution in [3.63, 3.8) is 0 Å². The van der Waals surface area contributed by atoms with Gasteiger partial charge in [-0.25, -0.2) is 0 Å². The molecule has 3 fully saturated rings. The summed E-state index contributed by atoms with van der Waals surface area (Å²) in [7, 11) is 0. The van der Waals surface area contributed by atoms with Gasteiger partial charge in [-0.3, -0.25) is 24.6 Å². The summed E-state index contributed by atoms with van der Waals surface area (Å²) in [5.74, 6) is -1.89. The van der Waals surface area contributed by atoms with Crippen LogP contribution in [0.25, 0.3) is 0 Å². The monoisotopic (exact) mass is 631 g/mol. The Morgan fingerprint density at radius 2 is 1.27 bits per heavy atom. The minimum absolute atomic E-state index is 0. The molecule has 1 aliphatic heterocycles. The van der Waals surface area contributed by atoms with Gasteiger partial charge in [0.1, 0.15) is 12.7 Å². The molecule has 41 heavy (non-hydrogen) atoms. The Morgan fingerprint density at radius 3 is 1.76 bits per heavy atom. The van der Waals surface area contributed by atoms with Crippen molar-refractivity contribution in [3.05, 3.63) is 63.7 Å². The average molecular weight is 631 g/mol. The van der Waals surface area contributed by atoms with Crippen LogP contribution >= 0.6 is 12.2 Å². The van der Waals surface area contributed by atoms with E-state index in [2.05, 4.69) is 15.8 Å². The molecule has 0 aromatic heterocycles. The molecule has 2 saturated carbocycles. The Balaban J connectivity index is 0.00000126. The molecule has 10 radical (unpaired) electrons. The van der Waals surface area contributed by atoms with Gasteiger partial charge in [-0.15, -0.1) is 0 Å². The number of rotatable bonds is 8. The van der Waals surface area contributed by atoms with Crippen molar-refractivity contribution in [1.82, 2.24) is 10.7 Å². The second-order valence-corrected chi connectivity index (χ2v) is 8.95. The van der Waals surface area contributed by atoms with E-state index in [0.717, 1.165) is 26.7 Å².